The Morgan fingerprint density at radius 1 is 1.17 bits per heavy atom. The zero-order valence-electron chi connectivity index (χ0n) is 13.4. The number of carbonyl (C=O) groups is 1. The Kier molecular flexibility index (Phi) is 4.93. The maximum atomic E-state index is 12.3. The van der Waals surface area contributed by atoms with Gasteiger partial charge in [0.2, 0.25) is 5.91 Å². The van der Waals surface area contributed by atoms with Crippen molar-refractivity contribution in [3.8, 4) is 5.75 Å². The van der Waals surface area contributed by atoms with Crippen LogP contribution in [0.5, 0.6) is 5.75 Å². The van der Waals surface area contributed by atoms with Crippen LogP contribution in [0.25, 0.3) is 0 Å². The lowest BCUT2D eigenvalue weighted by Crippen LogP contribution is -2.32. The number of methoxy groups -OCH3 is 1. The van der Waals surface area contributed by atoms with Gasteiger partial charge in [0.1, 0.15) is 5.75 Å². The first-order valence-electron chi connectivity index (χ1n) is 7.99. The predicted molar refractivity (Wildman–Crippen MR) is 91.6 cm³/mol. The minimum atomic E-state index is 0.0385. The largest absolute Gasteiger partial charge is 0.497 e. The van der Waals surface area contributed by atoms with E-state index in [-0.39, 0.29) is 5.91 Å². The summed E-state index contributed by atoms with van der Waals surface area (Å²) in [4.78, 5) is 14.5. The molecule has 1 unspecified atom stereocenters. The quantitative estimate of drug-likeness (QED) is 0.919. The highest BCUT2D eigenvalue weighted by atomic mass is 16.5. The van der Waals surface area contributed by atoms with Crippen LogP contribution in [0.2, 0.25) is 0 Å². The SMILES string of the molecule is COc1ccc(C2CCCN2CC(=O)Nc2ccccc2)cc1. The number of anilines is 1. The van der Waals surface area contributed by atoms with Crippen LogP contribution >= 0.6 is 0 Å². The molecule has 3 rings (SSSR count). The van der Waals surface area contributed by atoms with Gasteiger partial charge >= 0.3 is 0 Å². The minimum absolute atomic E-state index is 0.0385. The molecule has 0 bridgehead atoms. The zero-order valence-corrected chi connectivity index (χ0v) is 13.4. The number of hydrogen-bond acceptors (Lipinski definition) is 3. The maximum Gasteiger partial charge on any atom is 0.238 e. The van der Waals surface area contributed by atoms with Gasteiger partial charge in [-0.15, -0.1) is 0 Å². The Hall–Kier alpha value is -2.33. The fourth-order valence-electron chi connectivity index (χ4n) is 3.13. The Morgan fingerprint density at radius 3 is 2.61 bits per heavy atom. The number of amides is 1. The van der Waals surface area contributed by atoms with Crippen molar-refractivity contribution in [3.05, 3.63) is 60.2 Å². The highest BCUT2D eigenvalue weighted by Crippen LogP contribution is 2.32. The fourth-order valence-corrected chi connectivity index (χ4v) is 3.13. The van der Waals surface area contributed by atoms with Gasteiger partial charge < -0.3 is 10.1 Å². The van der Waals surface area contributed by atoms with Gasteiger partial charge in [0.25, 0.3) is 0 Å². The molecule has 1 atom stereocenters. The van der Waals surface area contributed by atoms with Gasteiger partial charge in [0.15, 0.2) is 0 Å². The average Bonchev–Trinajstić information content (AvgIpc) is 3.03. The molecule has 1 N–H and O–H groups in total. The molecule has 0 spiro atoms. The molecule has 4 heteroatoms. The van der Waals surface area contributed by atoms with Gasteiger partial charge in [0.05, 0.1) is 13.7 Å². The van der Waals surface area contributed by atoms with Crippen LogP contribution in [0.4, 0.5) is 5.69 Å². The van der Waals surface area contributed by atoms with Gasteiger partial charge in [-0.3, -0.25) is 9.69 Å². The van der Waals surface area contributed by atoms with Crippen molar-refractivity contribution < 1.29 is 9.53 Å². The normalized spacial score (nSPS) is 17.9. The molecule has 1 fully saturated rings. The summed E-state index contributed by atoms with van der Waals surface area (Å²) in [6, 6.07) is 18.1. The van der Waals surface area contributed by atoms with E-state index in [9.17, 15) is 4.79 Å². The van der Waals surface area contributed by atoms with Gasteiger partial charge in [-0.25, -0.2) is 0 Å². The summed E-state index contributed by atoms with van der Waals surface area (Å²) in [6.45, 7) is 1.38. The van der Waals surface area contributed by atoms with Gasteiger partial charge in [0, 0.05) is 11.7 Å². The van der Waals surface area contributed by atoms with Crippen LogP contribution in [-0.4, -0.2) is 31.0 Å². The highest BCUT2D eigenvalue weighted by molar-refractivity contribution is 5.92. The summed E-state index contributed by atoms with van der Waals surface area (Å²) < 4.78 is 5.21. The predicted octanol–water partition coefficient (Wildman–Crippen LogP) is 3.47. The van der Waals surface area contributed by atoms with Gasteiger partial charge in [-0.2, -0.15) is 0 Å². The summed E-state index contributed by atoms with van der Waals surface area (Å²) in [5.41, 5.74) is 2.09. The molecule has 0 saturated carbocycles. The second-order valence-electron chi connectivity index (χ2n) is 5.82. The monoisotopic (exact) mass is 310 g/mol. The Morgan fingerprint density at radius 2 is 1.91 bits per heavy atom. The number of likely N-dealkylation sites (tertiary alicyclic amines) is 1. The lowest BCUT2D eigenvalue weighted by molar-refractivity contribution is -0.117. The van der Waals surface area contributed by atoms with Crippen molar-refractivity contribution in [2.75, 3.05) is 25.5 Å². The Balaban J connectivity index is 1.63. The van der Waals surface area contributed by atoms with E-state index in [1.807, 2.05) is 42.5 Å². The summed E-state index contributed by atoms with van der Waals surface area (Å²) >= 11 is 0. The van der Waals surface area contributed by atoms with E-state index in [4.69, 9.17) is 4.74 Å². The zero-order chi connectivity index (χ0) is 16.1. The Bertz CT molecular complexity index is 640. The Labute approximate surface area is 137 Å². The van der Waals surface area contributed by atoms with E-state index < -0.39 is 0 Å². The first kappa shape index (κ1) is 15.6. The van der Waals surface area contributed by atoms with Gasteiger partial charge in [-0.1, -0.05) is 30.3 Å². The number of hydrogen-bond donors (Lipinski definition) is 1. The standard InChI is InChI=1S/C19H22N2O2/c1-23-17-11-9-15(10-12-17)18-8-5-13-21(18)14-19(22)20-16-6-3-2-4-7-16/h2-4,6-7,9-12,18H,5,8,13-14H2,1H3,(H,20,22). The number of nitrogens with zero attached hydrogens (tertiary/aromatic N) is 1. The summed E-state index contributed by atoms with van der Waals surface area (Å²) in [6.07, 6.45) is 2.21. The first-order chi connectivity index (χ1) is 11.3. The molecule has 1 heterocycles. The van der Waals surface area contributed by atoms with Crippen LogP contribution in [0.3, 0.4) is 0 Å². The topological polar surface area (TPSA) is 41.6 Å². The van der Waals surface area contributed by atoms with Crippen LogP contribution in [-0.2, 0) is 4.79 Å². The third-order valence-electron chi connectivity index (χ3n) is 4.27. The van der Waals surface area contributed by atoms with E-state index in [2.05, 4.69) is 22.3 Å². The van der Waals surface area contributed by atoms with Crippen LogP contribution in [0, 0.1) is 0 Å². The van der Waals surface area contributed by atoms with E-state index >= 15 is 0 Å². The molecule has 1 saturated heterocycles. The molecule has 0 aliphatic carbocycles. The van der Waals surface area contributed by atoms with Gasteiger partial charge in [-0.05, 0) is 49.2 Å². The molecule has 0 aromatic heterocycles. The minimum Gasteiger partial charge on any atom is -0.497 e. The van der Waals surface area contributed by atoms with E-state index in [0.717, 1.165) is 30.8 Å². The van der Waals surface area contributed by atoms with Crippen molar-refractivity contribution >= 4 is 11.6 Å². The smallest absolute Gasteiger partial charge is 0.238 e. The van der Waals surface area contributed by atoms with Crippen molar-refractivity contribution in [1.29, 1.82) is 0 Å². The maximum absolute atomic E-state index is 12.3. The molecule has 4 nitrogen and oxygen atoms in total. The molecule has 2 aromatic carbocycles. The van der Waals surface area contributed by atoms with Crippen molar-refractivity contribution in [2.24, 2.45) is 0 Å². The van der Waals surface area contributed by atoms with Crippen molar-refractivity contribution in [2.45, 2.75) is 18.9 Å². The first-order valence-corrected chi connectivity index (χ1v) is 7.99. The van der Waals surface area contributed by atoms with E-state index in [1.165, 1.54) is 5.56 Å². The van der Waals surface area contributed by atoms with E-state index in [1.54, 1.807) is 7.11 Å². The number of nitrogens with one attached hydrogen (secondary N) is 1. The second kappa shape index (κ2) is 7.29. The number of ether oxygens (including phenoxy) is 1. The molecule has 0 radical (unpaired) electrons. The number of carbonyl (C=O) groups excluding carboxylic acids is 1. The number of rotatable bonds is 5. The summed E-state index contributed by atoms with van der Waals surface area (Å²) in [7, 11) is 1.67. The molecule has 2 aromatic rings. The van der Waals surface area contributed by atoms with Crippen LogP contribution < -0.4 is 10.1 Å². The molecule has 1 aliphatic rings. The van der Waals surface area contributed by atoms with Crippen molar-refractivity contribution in [3.63, 3.8) is 0 Å². The summed E-state index contributed by atoms with van der Waals surface area (Å²) in [5, 5.41) is 2.96. The third kappa shape index (κ3) is 3.90. The number of benzene rings is 2. The molecular weight excluding hydrogens is 288 g/mol. The molecule has 1 aliphatic heterocycles. The molecule has 23 heavy (non-hydrogen) atoms. The van der Waals surface area contributed by atoms with Crippen LogP contribution in [0.15, 0.2) is 54.6 Å². The molecule has 1 amide bonds. The second-order valence-corrected chi connectivity index (χ2v) is 5.82. The third-order valence-corrected chi connectivity index (χ3v) is 4.27. The lowest BCUT2D eigenvalue weighted by atomic mass is 10.0. The summed E-state index contributed by atoms with van der Waals surface area (Å²) in [5.74, 6) is 0.900. The molecule has 120 valence electrons. The number of para-hydroxylation sites is 1. The fraction of sp³-hybridized carbons (Fsp3) is 0.316. The van der Waals surface area contributed by atoms with Crippen molar-refractivity contribution in [1.82, 2.24) is 4.90 Å². The van der Waals surface area contributed by atoms with Crippen LogP contribution in [0.1, 0.15) is 24.4 Å². The van der Waals surface area contributed by atoms with E-state index in [0.29, 0.717) is 12.6 Å². The molecular formula is C19H22N2O2. The average molecular weight is 310 g/mol. The highest BCUT2D eigenvalue weighted by Gasteiger charge is 2.27. The lowest BCUT2D eigenvalue weighted by Gasteiger charge is -2.24.